The number of nitrogens with zero attached hydrogens (tertiary/aromatic N) is 2. The van der Waals surface area contributed by atoms with Crippen molar-refractivity contribution in [2.45, 2.75) is 12.8 Å². The summed E-state index contributed by atoms with van der Waals surface area (Å²) >= 11 is 0. The van der Waals surface area contributed by atoms with Gasteiger partial charge in [0.1, 0.15) is 0 Å². The molecule has 2 aliphatic rings. The standard InChI is InChI=1S/C13H24N4O2/c1-16-6-8-17(9-7-16)12(18)3-5-15-13(19)11-2-4-14-10-11/h11,14H,2-10H2,1H3,(H,15,19). The average molecular weight is 268 g/mol. The fourth-order valence-electron chi connectivity index (χ4n) is 2.53. The number of hydrogen-bond acceptors (Lipinski definition) is 4. The molecule has 2 saturated heterocycles. The van der Waals surface area contributed by atoms with Gasteiger partial charge >= 0.3 is 0 Å². The van der Waals surface area contributed by atoms with Gasteiger partial charge in [-0.2, -0.15) is 0 Å². The zero-order chi connectivity index (χ0) is 13.7. The molecule has 108 valence electrons. The molecule has 0 saturated carbocycles. The van der Waals surface area contributed by atoms with Crippen LogP contribution in [-0.4, -0.2) is 74.5 Å². The third-order valence-electron chi connectivity index (χ3n) is 3.93. The lowest BCUT2D eigenvalue weighted by Gasteiger charge is -2.32. The van der Waals surface area contributed by atoms with Crippen LogP contribution in [0.1, 0.15) is 12.8 Å². The van der Waals surface area contributed by atoms with E-state index in [0.717, 1.165) is 45.7 Å². The molecular formula is C13H24N4O2. The second kappa shape index (κ2) is 6.86. The van der Waals surface area contributed by atoms with Crippen molar-refractivity contribution in [2.24, 2.45) is 5.92 Å². The number of carbonyl (C=O) groups excluding carboxylic acids is 2. The monoisotopic (exact) mass is 268 g/mol. The molecule has 0 aromatic heterocycles. The van der Waals surface area contributed by atoms with Crippen LogP contribution in [-0.2, 0) is 9.59 Å². The van der Waals surface area contributed by atoms with Crippen molar-refractivity contribution in [2.75, 3.05) is 52.9 Å². The van der Waals surface area contributed by atoms with E-state index in [-0.39, 0.29) is 17.7 Å². The molecule has 0 aromatic carbocycles. The molecule has 1 unspecified atom stereocenters. The van der Waals surface area contributed by atoms with Crippen LogP contribution in [0.25, 0.3) is 0 Å². The van der Waals surface area contributed by atoms with E-state index in [2.05, 4.69) is 22.6 Å². The van der Waals surface area contributed by atoms with Gasteiger partial charge in [-0.25, -0.2) is 0 Å². The minimum Gasteiger partial charge on any atom is -0.355 e. The van der Waals surface area contributed by atoms with Crippen LogP contribution in [0.2, 0.25) is 0 Å². The Labute approximate surface area is 114 Å². The number of carbonyl (C=O) groups is 2. The Bertz CT molecular complexity index is 321. The van der Waals surface area contributed by atoms with Gasteiger partial charge in [0.2, 0.25) is 11.8 Å². The first-order chi connectivity index (χ1) is 9.16. The third-order valence-corrected chi connectivity index (χ3v) is 3.93. The van der Waals surface area contributed by atoms with Gasteiger partial charge < -0.3 is 20.4 Å². The van der Waals surface area contributed by atoms with E-state index in [9.17, 15) is 9.59 Å². The molecule has 0 spiro atoms. The zero-order valence-electron chi connectivity index (χ0n) is 11.7. The summed E-state index contributed by atoms with van der Waals surface area (Å²) in [5, 5.41) is 6.03. The van der Waals surface area contributed by atoms with E-state index in [4.69, 9.17) is 0 Å². The highest BCUT2D eigenvalue weighted by molar-refractivity contribution is 5.81. The van der Waals surface area contributed by atoms with Gasteiger partial charge in [0.15, 0.2) is 0 Å². The van der Waals surface area contributed by atoms with Crippen molar-refractivity contribution in [1.29, 1.82) is 0 Å². The lowest BCUT2D eigenvalue weighted by Crippen LogP contribution is -2.47. The van der Waals surface area contributed by atoms with Crippen LogP contribution in [0.3, 0.4) is 0 Å². The SMILES string of the molecule is CN1CCN(C(=O)CCNC(=O)C2CCNC2)CC1. The Morgan fingerprint density at radius 1 is 1.26 bits per heavy atom. The van der Waals surface area contributed by atoms with Gasteiger partial charge in [-0.1, -0.05) is 0 Å². The predicted octanol–water partition coefficient (Wildman–Crippen LogP) is -1.12. The fourth-order valence-corrected chi connectivity index (χ4v) is 2.53. The number of nitrogens with one attached hydrogen (secondary N) is 2. The third kappa shape index (κ3) is 4.18. The van der Waals surface area contributed by atoms with Gasteiger partial charge in [-0.05, 0) is 20.0 Å². The summed E-state index contributed by atoms with van der Waals surface area (Å²) in [7, 11) is 2.07. The first-order valence-corrected chi connectivity index (χ1v) is 7.11. The lowest BCUT2D eigenvalue weighted by atomic mass is 10.1. The van der Waals surface area contributed by atoms with Crippen molar-refractivity contribution >= 4 is 11.8 Å². The Hall–Kier alpha value is -1.14. The van der Waals surface area contributed by atoms with Crippen LogP contribution in [0.4, 0.5) is 0 Å². The smallest absolute Gasteiger partial charge is 0.224 e. The summed E-state index contributed by atoms with van der Waals surface area (Å²) in [6, 6.07) is 0. The quantitative estimate of drug-likeness (QED) is 0.678. The average Bonchev–Trinajstić information content (AvgIpc) is 2.93. The maximum atomic E-state index is 12.0. The van der Waals surface area contributed by atoms with Crippen LogP contribution >= 0.6 is 0 Å². The second-order valence-corrected chi connectivity index (χ2v) is 5.41. The van der Waals surface area contributed by atoms with Crippen LogP contribution in [0, 0.1) is 5.92 Å². The van der Waals surface area contributed by atoms with Gasteiger partial charge in [0.05, 0.1) is 5.92 Å². The molecular weight excluding hydrogens is 244 g/mol. The predicted molar refractivity (Wildman–Crippen MR) is 72.7 cm³/mol. The molecule has 0 radical (unpaired) electrons. The van der Waals surface area contributed by atoms with E-state index in [1.54, 1.807) is 0 Å². The molecule has 2 heterocycles. The second-order valence-electron chi connectivity index (χ2n) is 5.41. The molecule has 2 aliphatic heterocycles. The summed E-state index contributed by atoms with van der Waals surface area (Å²) in [4.78, 5) is 27.8. The van der Waals surface area contributed by atoms with Gasteiger partial charge in [0, 0.05) is 45.7 Å². The molecule has 6 heteroatoms. The van der Waals surface area contributed by atoms with Crippen LogP contribution in [0.15, 0.2) is 0 Å². The van der Waals surface area contributed by atoms with Gasteiger partial charge in [-0.15, -0.1) is 0 Å². The van der Waals surface area contributed by atoms with E-state index < -0.39 is 0 Å². The van der Waals surface area contributed by atoms with Crippen LogP contribution in [0.5, 0.6) is 0 Å². The number of likely N-dealkylation sites (N-methyl/N-ethyl adjacent to an activating group) is 1. The summed E-state index contributed by atoms with van der Waals surface area (Å²) in [5.41, 5.74) is 0. The molecule has 0 aromatic rings. The molecule has 0 bridgehead atoms. The minimum atomic E-state index is 0.0798. The van der Waals surface area contributed by atoms with Gasteiger partial charge in [0.25, 0.3) is 0 Å². The Balaban J connectivity index is 1.62. The molecule has 6 nitrogen and oxygen atoms in total. The topological polar surface area (TPSA) is 64.7 Å². The number of amides is 2. The van der Waals surface area contributed by atoms with Crippen molar-refractivity contribution in [1.82, 2.24) is 20.4 Å². The molecule has 1 atom stereocenters. The number of piperazine rings is 1. The molecule has 2 fully saturated rings. The molecule has 2 rings (SSSR count). The Morgan fingerprint density at radius 2 is 2.00 bits per heavy atom. The fraction of sp³-hybridized carbons (Fsp3) is 0.846. The summed E-state index contributed by atoms with van der Waals surface area (Å²) in [5.74, 6) is 0.313. The van der Waals surface area contributed by atoms with Crippen molar-refractivity contribution in [3.05, 3.63) is 0 Å². The minimum absolute atomic E-state index is 0.0798. The normalized spacial score (nSPS) is 24.5. The molecule has 2 N–H and O–H groups in total. The largest absolute Gasteiger partial charge is 0.355 e. The summed E-state index contributed by atoms with van der Waals surface area (Å²) < 4.78 is 0. The zero-order valence-corrected chi connectivity index (χ0v) is 11.7. The first-order valence-electron chi connectivity index (χ1n) is 7.11. The highest BCUT2D eigenvalue weighted by Crippen LogP contribution is 2.07. The highest BCUT2D eigenvalue weighted by Gasteiger charge is 2.23. The Morgan fingerprint density at radius 3 is 2.63 bits per heavy atom. The van der Waals surface area contributed by atoms with Crippen LogP contribution < -0.4 is 10.6 Å². The lowest BCUT2D eigenvalue weighted by molar-refractivity contribution is -0.132. The Kier molecular flexibility index (Phi) is 5.15. The van der Waals surface area contributed by atoms with Crippen molar-refractivity contribution < 1.29 is 9.59 Å². The first kappa shape index (κ1) is 14.3. The van der Waals surface area contributed by atoms with E-state index in [1.165, 1.54) is 0 Å². The summed E-state index contributed by atoms with van der Waals surface area (Å²) in [6.07, 6.45) is 1.31. The summed E-state index contributed by atoms with van der Waals surface area (Å²) in [6.45, 7) is 5.61. The molecule has 2 amide bonds. The molecule has 0 aliphatic carbocycles. The number of rotatable bonds is 4. The maximum absolute atomic E-state index is 12.0. The van der Waals surface area contributed by atoms with E-state index in [1.807, 2.05) is 4.90 Å². The highest BCUT2D eigenvalue weighted by atomic mass is 16.2. The van der Waals surface area contributed by atoms with Crippen molar-refractivity contribution in [3.8, 4) is 0 Å². The molecule has 19 heavy (non-hydrogen) atoms. The van der Waals surface area contributed by atoms with Crippen molar-refractivity contribution in [3.63, 3.8) is 0 Å². The maximum Gasteiger partial charge on any atom is 0.224 e. The number of hydrogen-bond donors (Lipinski definition) is 2. The van der Waals surface area contributed by atoms with E-state index >= 15 is 0 Å². The van der Waals surface area contributed by atoms with E-state index in [0.29, 0.717) is 13.0 Å². The van der Waals surface area contributed by atoms with Gasteiger partial charge in [-0.3, -0.25) is 9.59 Å².